The zero-order chi connectivity index (χ0) is 12.7. The molecule has 0 saturated heterocycles. The molecule has 5 nitrogen and oxygen atoms in total. The molecule has 0 radical (unpaired) electrons. The predicted octanol–water partition coefficient (Wildman–Crippen LogP) is 1.11. The summed E-state index contributed by atoms with van der Waals surface area (Å²) < 4.78 is 10.2. The maximum Gasteiger partial charge on any atom is 0.286 e. The Balaban J connectivity index is 2.31. The second-order valence-corrected chi connectivity index (χ2v) is 4.11. The summed E-state index contributed by atoms with van der Waals surface area (Å²) in [5, 5.41) is 2.81. The minimum atomic E-state index is -0.175. The highest BCUT2D eigenvalue weighted by atomic mass is 16.5. The van der Waals surface area contributed by atoms with Crippen LogP contribution in [0.2, 0.25) is 0 Å². The lowest BCUT2D eigenvalue weighted by molar-refractivity contribution is 0.0916. The number of ether oxygens (including phenoxy) is 1. The molecule has 0 aliphatic heterocycles. The lowest BCUT2D eigenvalue weighted by atomic mass is 10.3. The van der Waals surface area contributed by atoms with E-state index in [2.05, 4.69) is 10.2 Å². The van der Waals surface area contributed by atoms with Gasteiger partial charge in [-0.2, -0.15) is 0 Å². The molecule has 17 heavy (non-hydrogen) atoms. The van der Waals surface area contributed by atoms with Crippen LogP contribution in [0.5, 0.6) is 0 Å². The van der Waals surface area contributed by atoms with Gasteiger partial charge in [0.05, 0.1) is 0 Å². The molecule has 1 aromatic heterocycles. The van der Waals surface area contributed by atoms with Gasteiger partial charge in [-0.15, -0.1) is 0 Å². The third kappa shape index (κ3) is 5.01. The highest BCUT2D eigenvalue weighted by Crippen LogP contribution is 2.08. The van der Waals surface area contributed by atoms with E-state index in [4.69, 9.17) is 9.15 Å². The van der Waals surface area contributed by atoms with E-state index in [9.17, 15) is 4.79 Å². The quantitative estimate of drug-likeness (QED) is 0.725. The van der Waals surface area contributed by atoms with Gasteiger partial charge in [0.2, 0.25) is 0 Å². The van der Waals surface area contributed by atoms with E-state index < -0.39 is 0 Å². The summed E-state index contributed by atoms with van der Waals surface area (Å²) in [6.07, 6.45) is 0.921. The first-order chi connectivity index (χ1) is 8.13. The number of carbonyl (C=O) groups excluding carboxylic acids is 1. The van der Waals surface area contributed by atoms with Crippen LogP contribution < -0.4 is 5.32 Å². The predicted molar refractivity (Wildman–Crippen MR) is 64.9 cm³/mol. The van der Waals surface area contributed by atoms with Crippen molar-refractivity contribution in [2.24, 2.45) is 0 Å². The van der Waals surface area contributed by atoms with Gasteiger partial charge in [0, 0.05) is 13.7 Å². The monoisotopic (exact) mass is 240 g/mol. The number of rotatable bonds is 7. The smallest absolute Gasteiger partial charge is 0.286 e. The van der Waals surface area contributed by atoms with Crippen molar-refractivity contribution < 1.29 is 13.9 Å². The maximum absolute atomic E-state index is 11.6. The zero-order valence-corrected chi connectivity index (χ0v) is 10.7. The molecular formula is C12H20N2O3. The Bertz CT molecular complexity index is 347. The van der Waals surface area contributed by atoms with Crippen molar-refractivity contribution >= 4 is 5.91 Å². The molecule has 0 bridgehead atoms. The topological polar surface area (TPSA) is 54.7 Å². The molecule has 1 N–H and O–H groups in total. The van der Waals surface area contributed by atoms with Gasteiger partial charge < -0.3 is 19.4 Å². The van der Waals surface area contributed by atoms with Crippen LogP contribution in [0, 0.1) is 0 Å². The fourth-order valence-electron chi connectivity index (χ4n) is 1.40. The van der Waals surface area contributed by atoms with Crippen LogP contribution >= 0.6 is 0 Å². The number of amides is 1. The largest absolute Gasteiger partial charge is 0.453 e. The number of furan rings is 1. The summed E-state index contributed by atoms with van der Waals surface area (Å²) in [4.78, 5) is 13.7. The molecule has 1 heterocycles. The van der Waals surface area contributed by atoms with Gasteiger partial charge in [-0.05, 0) is 39.2 Å². The third-order valence-corrected chi connectivity index (χ3v) is 2.24. The Morgan fingerprint density at radius 2 is 2.24 bits per heavy atom. The van der Waals surface area contributed by atoms with Crippen LogP contribution in [0.1, 0.15) is 22.7 Å². The van der Waals surface area contributed by atoms with Crippen LogP contribution in [0.25, 0.3) is 0 Å². The van der Waals surface area contributed by atoms with Gasteiger partial charge >= 0.3 is 0 Å². The fourth-order valence-corrected chi connectivity index (χ4v) is 1.40. The standard InChI is InChI=1S/C12H20N2O3/c1-14(2)8-4-7-13-12(15)11-6-5-10(17-11)9-16-3/h5-6H,4,7-9H2,1-3H3,(H,13,15). The summed E-state index contributed by atoms with van der Waals surface area (Å²) in [6, 6.07) is 3.41. The summed E-state index contributed by atoms with van der Waals surface area (Å²) in [5.74, 6) is 0.818. The van der Waals surface area contributed by atoms with Crippen molar-refractivity contribution in [1.82, 2.24) is 10.2 Å². The maximum atomic E-state index is 11.6. The van der Waals surface area contributed by atoms with Gasteiger partial charge in [0.15, 0.2) is 5.76 Å². The highest BCUT2D eigenvalue weighted by molar-refractivity contribution is 5.91. The van der Waals surface area contributed by atoms with Gasteiger partial charge in [-0.3, -0.25) is 4.79 Å². The van der Waals surface area contributed by atoms with E-state index in [1.165, 1.54) is 0 Å². The first-order valence-corrected chi connectivity index (χ1v) is 5.64. The fraction of sp³-hybridized carbons (Fsp3) is 0.583. The van der Waals surface area contributed by atoms with Crippen LogP contribution in [-0.4, -0.2) is 45.1 Å². The first-order valence-electron chi connectivity index (χ1n) is 5.64. The van der Waals surface area contributed by atoms with Crippen LogP contribution in [0.4, 0.5) is 0 Å². The summed E-state index contributed by atoms with van der Waals surface area (Å²) >= 11 is 0. The average Bonchev–Trinajstić information content (AvgIpc) is 2.73. The Labute approximate surface area is 102 Å². The molecule has 0 spiro atoms. The van der Waals surface area contributed by atoms with Crippen molar-refractivity contribution in [3.8, 4) is 0 Å². The number of nitrogens with one attached hydrogen (secondary N) is 1. The Morgan fingerprint density at radius 3 is 2.88 bits per heavy atom. The van der Waals surface area contributed by atoms with E-state index in [-0.39, 0.29) is 5.91 Å². The minimum absolute atomic E-state index is 0.175. The molecule has 0 saturated carbocycles. The molecule has 1 aromatic rings. The molecule has 5 heteroatoms. The molecule has 0 aromatic carbocycles. The minimum Gasteiger partial charge on any atom is -0.453 e. The van der Waals surface area contributed by atoms with E-state index in [1.54, 1.807) is 19.2 Å². The van der Waals surface area contributed by atoms with Gasteiger partial charge in [0.1, 0.15) is 12.4 Å². The average molecular weight is 240 g/mol. The molecule has 0 aliphatic rings. The lowest BCUT2D eigenvalue weighted by Crippen LogP contribution is -2.26. The summed E-state index contributed by atoms with van der Waals surface area (Å²) in [7, 11) is 5.60. The molecule has 0 fully saturated rings. The molecule has 1 amide bonds. The van der Waals surface area contributed by atoms with Crippen LogP contribution in [-0.2, 0) is 11.3 Å². The molecule has 0 atom stereocenters. The number of hydrogen-bond donors (Lipinski definition) is 1. The van der Waals surface area contributed by atoms with E-state index in [0.29, 0.717) is 24.7 Å². The van der Waals surface area contributed by atoms with Crippen molar-refractivity contribution in [2.45, 2.75) is 13.0 Å². The zero-order valence-electron chi connectivity index (χ0n) is 10.7. The Hall–Kier alpha value is -1.33. The SMILES string of the molecule is COCc1ccc(C(=O)NCCCN(C)C)o1. The first kappa shape index (κ1) is 13.7. The summed E-state index contributed by atoms with van der Waals surface area (Å²) in [6.45, 7) is 1.98. The molecule has 0 aliphatic carbocycles. The van der Waals surface area contributed by atoms with Crippen molar-refractivity contribution in [1.29, 1.82) is 0 Å². The Kier molecular flexibility index (Phi) is 5.72. The molecule has 96 valence electrons. The number of carbonyl (C=O) groups is 1. The number of methoxy groups -OCH3 is 1. The normalized spacial score (nSPS) is 10.8. The Morgan fingerprint density at radius 1 is 1.47 bits per heavy atom. The number of hydrogen-bond acceptors (Lipinski definition) is 4. The van der Waals surface area contributed by atoms with Crippen LogP contribution in [0.3, 0.4) is 0 Å². The van der Waals surface area contributed by atoms with Crippen molar-refractivity contribution in [3.05, 3.63) is 23.7 Å². The van der Waals surface area contributed by atoms with Crippen LogP contribution in [0.15, 0.2) is 16.5 Å². The third-order valence-electron chi connectivity index (χ3n) is 2.24. The van der Waals surface area contributed by atoms with Gasteiger partial charge in [-0.25, -0.2) is 0 Å². The van der Waals surface area contributed by atoms with Crippen molar-refractivity contribution in [3.63, 3.8) is 0 Å². The molecular weight excluding hydrogens is 220 g/mol. The van der Waals surface area contributed by atoms with E-state index in [1.807, 2.05) is 14.1 Å². The molecule has 1 rings (SSSR count). The van der Waals surface area contributed by atoms with E-state index in [0.717, 1.165) is 13.0 Å². The van der Waals surface area contributed by atoms with Gasteiger partial charge in [-0.1, -0.05) is 0 Å². The molecule has 0 unspecified atom stereocenters. The van der Waals surface area contributed by atoms with E-state index >= 15 is 0 Å². The van der Waals surface area contributed by atoms with Gasteiger partial charge in [0.25, 0.3) is 5.91 Å². The summed E-state index contributed by atoms with van der Waals surface area (Å²) in [5.41, 5.74) is 0. The number of nitrogens with zero attached hydrogens (tertiary/aromatic N) is 1. The highest BCUT2D eigenvalue weighted by Gasteiger charge is 2.10. The lowest BCUT2D eigenvalue weighted by Gasteiger charge is -2.09. The second-order valence-electron chi connectivity index (χ2n) is 4.11. The van der Waals surface area contributed by atoms with Crippen molar-refractivity contribution in [2.75, 3.05) is 34.3 Å². The second kappa shape index (κ2) is 7.09.